The minimum atomic E-state index is 0.423. The molecular formula is C10H13Cl2NO2. The van der Waals surface area contributed by atoms with E-state index in [0.717, 1.165) is 0 Å². The van der Waals surface area contributed by atoms with Crippen molar-refractivity contribution in [1.29, 1.82) is 0 Å². The molecule has 1 aromatic rings. The molecule has 0 aromatic heterocycles. The predicted molar refractivity (Wildman–Crippen MR) is 62.9 cm³/mol. The number of nitrogens with two attached hydrogens (primary N) is 1. The van der Waals surface area contributed by atoms with Gasteiger partial charge in [0.05, 0.1) is 22.3 Å². The van der Waals surface area contributed by atoms with Crippen molar-refractivity contribution in [1.82, 2.24) is 0 Å². The van der Waals surface area contributed by atoms with E-state index in [4.69, 9.17) is 38.4 Å². The van der Waals surface area contributed by atoms with E-state index in [2.05, 4.69) is 0 Å². The van der Waals surface area contributed by atoms with Crippen LogP contribution in [0.1, 0.15) is 6.92 Å². The van der Waals surface area contributed by atoms with E-state index >= 15 is 0 Å². The van der Waals surface area contributed by atoms with Gasteiger partial charge < -0.3 is 15.2 Å². The monoisotopic (exact) mass is 249 g/mol. The molecule has 3 nitrogen and oxygen atoms in total. The van der Waals surface area contributed by atoms with Crippen molar-refractivity contribution in [2.45, 2.75) is 6.92 Å². The van der Waals surface area contributed by atoms with Gasteiger partial charge in [0.1, 0.15) is 12.4 Å². The molecule has 0 aliphatic heterocycles. The van der Waals surface area contributed by atoms with Gasteiger partial charge in [-0.05, 0) is 13.0 Å². The lowest BCUT2D eigenvalue weighted by molar-refractivity contribution is 0.110. The predicted octanol–water partition coefficient (Wildman–Crippen LogP) is 2.99. The summed E-state index contributed by atoms with van der Waals surface area (Å²) in [5, 5.41) is 0.851. The Bertz CT molecular complexity index is 331. The first kappa shape index (κ1) is 12.4. The van der Waals surface area contributed by atoms with Gasteiger partial charge in [-0.2, -0.15) is 0 Å². The standard InChI is InChI=1S/C10H13Cl2NO2/c1-2-14-3-4-15-10-6-8(12)7(11)5-9(10)13/h5-6H,2-4,13H2,1H3. The van der Waals surface area contributed by atoms with Crippen LogP contribution in [0.3, 0.4) is 0 Å². The lowest BCUT2D eigenvalue weighted by Crippen LogP contribution is -2.07. The lowest BCUT2D eigenvalue weighted by atomic mass is 10.3. The van der Waals surface area contributed by atoms with Crippen molar-refractivity contribution in [2.24, 2.45) is 0 Å². The third kappa shape index (κ3) is 3.78. The summed E-state index contributed by atoms with van der Waals surface area (Å²) < 4.78 is 10.5. The summed E-state index contributed by atoms with van der Waals surface area (Å²) in [6.45, 7) is 3.56. The maximum Gasteiger partial charge on any atom is 0.143 e. The van der Waals surface area contributed by atoms with Crippen molar-refractivity contribution in [3.8, 4) is 5.75 Å². The molecular weight excluding hydrogens is 237 g/mol. The number of hydrogen-bond donors (Lipinski definition) is 1. The van der Waals surface area contributed by atoms with Crippen molar-refractivity contribution >= 4 is 28.9 Å². The minimum absolute atomic E-state index is 0.423. The number of rotatable bonds is 5. The maximum absolute atomic E-state index is 5.83. The number of benzene rings is 1. The fraction of sp³-hybridized carbons (Fsp3) is 0.400. The van der Waals surface area contributed by atoms with Gasteiger partial charge in [0, 0.05) is 12.7 Å². The molecule has 5 heteroatoms. The number of ether oxygens (including phenoxy) is 2. The quantitative estimate of drug-likeness (QED) is 0.645. The Morgan fingerprint density at radius 3 is 2.53 bits per heavy atom. The molecule has 15 heavy (non-hydrogen) atoms. The first-order valence-electron chi connectivity index (χ1n) is 4.60. The van der Waals surface area contributed by atoms with E-state index in [0.29, 0.717) is 41.3 Å². The van der Waals surface area contributed by atoms with Crippen LogP contribution in [-0.4, -0.2) is 19.8 Å². The van der Waals surface area contributed by atoms with Crippen LogP contribution in [0.25, 0.3) is 0 Å². The smallest absolute Gasteiger partial charge is 0.143 e. The maximum atomic E-state index is 5.83. The summed E-state index contributed by atoms with van der Waals surface area (Å²) in [5.74, 6) is 0.532. The van der Waals surface area contributed by atoms with E-state index in [9.17, 15) is 0 Å². The van der Waals surface area contributed by atoms with Gasteiger partial charge in [-0.25, -0.2) is 0 Å². The lowest BCUT2D eigenvalue weighted by Gasteiger charge is -2.09. The van der Waals surface area contributed by atoms with Gasteiger partial charge in [-0.3, -0.25) is 0 Å². The van der Waals surface area contributed by atoms with E-state index < -0.39 is 0 Å². The Labute approximate surface area is 99.1 Å². The molecule has 0 amide bonds. The van der Waals surface area contributed by atoms with E-state index in [-0.39, 0.29) is 0 Å². The van der Waals surface area contributed by atoms with Crippen LogP contribution in [0, 0.1) is 0 Å². The molecule has 1 rings (SSSR count). The molecule has 0 aliphatic carbocycles. The highest BCUT2D eigenvalue weighted by Crippen LogP contribution is 2.32. The Hall–Kier alpha value is -0.640. The first-order valence-corrected chi connectivity index (χ1v) is 5.35. The summed E-state index contributed by atoms with van der Waals surface area (Å²) >= 11 is 11.6. The Morgan fingerprint density at radius 2 is 1.87 bits per heavy atom. The number of hydrogen-bond acceptors (Lipinski definition) is 3. The van der Waals surface area contributed by atoms with Crippen molar-refractivity contribution in [2.75, 3.05) is 25.6 Å². The summed E-state index contributed by atoms with van der Waals surface area (Å²) in [5.41, 5.74) is 6.17. The molecule has 0 aliphatic rings. The third-order valence-corrected chi connectivity index (χ3v) is 2.46. The zero-order chi connectivity index (χ0) is 11.3. The highest BCUT2D eigenvalue weighted by Gasteiger charge is 2.05. The highest BCUT2D eigenvalue weighted by molar-refractivity contribution is 6.42. The zero-order valence-electron chi connectivity index (χ0n) is 8.43. The fourth-order valence-corrected chi connectivity index (χ4v) is 1.35. The van der Waals surface area contributed by atoms with Gasteiger partial charge in [0.15, 0.2) is 0 Å². The van der Waals surface area contributed by atoms with E-state index in [1.807, 2.05) is 6.92 Å². The largest absolute Gasteiger partial charge is 0.489 e. The summed E-state index contributed by atoms with van der Waals surface area (Å²) in [7, 11) is 0. The van der Waals surface area contributed by atoms with Gasteiger partial charge in [0.2, 0.25) is 0 Å². The molecule has 0 unspecified atom stereocenters. The summed E-state index contributed by atoms with van der Waals surface area (Å²) in [4.78, 5) is 0. The second-order valence-corrected chi connectivity index (χ2v) is 3.66. The second-order valence-electron chi connectivity index (χ2n) is 2.85. The first-order chi connectivity index (χ1) is 7.15. The topological polar surface area (TPSA) is 44.5 Å². The average Bonchev–Trinajstić information content (AvgIpc) is 2.20. The molecule has 1 aromatic carbocycles. The van der Waals surface area contributed by atoms with Crippen LogP contribution in [0.2, 0.25) is 10.0 Å². The number of halogens is 2. The summed E-state index contributed by atoms with van der Waals surface area (Å²) in [6.07, 6.45) is 0. The number of nitrogen functional groups attached to an aromatic ring is 1. The van der Waals surface area contributed by atoms with Crippen LogP contribution < -0.4 is 10.5 Å². The van der Waals surface area contributed by atoms with Gasteiger partial charge in [-0.15, -0.1) is 0 Å². The molecule has 84 valence electrons. The van der Waals surface area contributed by atoms with Crippen LogP contribution in [0.15, 0.2) is 12.1 Å². The molecule has 0 spiro atoms. The SMILES string of the molecule is CCOCCOc1cc(Cl)c(Cl)cc1N. The van der Waals surface area contributed by atoms with Gasteiger partial charge >= 0.3 is 0 Å². The average molecular weight is 250 g/mol. The Kier molecular flexibility index (Phi) is 5.02. The van der Waals surface area contributed by atoms with Crippen LogP contribution in [0.5, 0.6) is 5.75 Å². The van der Waals surface area contributed by atoms with Gasteiger partial charge in [0.25, 0.3) is 0 Å². The number of anilines is 1. The molecule has 0 radical (unpaired) electrons. The molecule has 0 atom stereocenters. The van der Waals surface area contributed by atoms with Crippen LogP contribution in [-0.2, 0) is 4.74 Å². The van der Waals surface area contributed by atoms with Gasteiger partial charge in [-0.1, -0.05) is 23.2 Å². The normalized spacial score (nSPS) is 10.3. The van der Waals surface area contributed by atoms with E-state index in [1.54, 1.807) is 12.1 Å². The molecule has 0 saturated carbocycles. The van der Waals surface area contributed by atoms with Crippen LogP contribution >= 0.6 is 23.2 Å². The fourth-order valence-electron chi connectivity index (χ4n) is 1.02. The van der Waals surface area contributed by atoms with Crippen molar-refractivity contribution in [3.05, 3.63) is 22.2 Å². The minimum Gasteiger partial charge on any atom is -0.489 e. The van der Waals surface area contributed by atoms with E-state index in [1.165, 1.54) is 0 Å². The third-order valence-electron chi connectivity index (χ3n) is 1.74. The van der Waals surface area contributed by atoms with Crippen LogP contribution in [0.4, 0.5) is 5.69 Å². The molecule has 0 heterocycles. The Morgan fingerprint density at radius 1 is 1.20 bits per heavy atom. The summed E-state index contributed by atoms with van der Waals surface area (Å²) in [6, 6.07) is 3.17. The molecule has 0 bridgehead atoms. The highest BCUT2D eigenvalue weighted by atomic mass is 35.5. The van der Waals surface area contributed by atoms with Crippen molar-refractivity contribution < 1.29 is 9.47 Å². The second kappa shape index (κ2) is 6.05. The molecule has 0 fully saturated rings. The molecule has 0 saturated heterocycles. The Balaban J connectivity index is 2.57. The molecule has 2 N–H and O–H groups in total. The zero-order valence-corrected chi connectivity index (χ0v) is 9.94. The van der Waals surface area contributed by atoms with Crippen molar-refractivity contribution in [3.63, 3.8) is 0 Å².